The van der Waals surface area contributed by atoms with Gasteiger partial charge < -0.3 is 9.69 Å². The van der Waals surface area contributed by atoms with Crippen molar-refractivity contribution in [1.29, 1.82) is 0 Å². The van der Waals surface area contributed by atoms with E-state index in [0.717, 1.165) is 11.8 Å². The largest absolute Gasteiger partial charge is 0.325 e. The molecule has 0 amide bonds. The Bertz CT molecular complexity index is 506. The molecule has 1 aromatic carbocycles. The highest BCUT2D eigenvalue weighted by Gasteiger charge is 2.25. The molecule has 0 aromatic heterocycles. The molecule has 3 nitrogen and oxygen atoms in total. The van der Waals surface area contributed by atoms with E-state index in [2.05, 4.69) is 20.9 Å². The average Bonchev–Trinajstić information content (AvgIpc) is 2.70. The number of carbonyl (C=O) groups excluding carboxylic acids is 1. The summed E-state index contributed by atoms with van der Waals surface area (Å²) in [5.74, 6) is -0.282. The molecule has 1 aliphatic heterocycles. The maximum Gasteiger partial charge on any atom is 0.147 e. The number of benzene rings is 1. The lowest BCUT2D eigenvalue weighted by Gasteiger charge is -2.23. The van der Waals surface area contributed by atoms with Gasteiger partial charge in [0.05, 0.1) is 28.9 Å². The third-order valence-corrected chi connectivity index (χ3v) is 3.97. The van der Waals surface area contributed by atoms with Crippen LogP contribution in [0.2, 0.25) is 0 Å². The van der Waals surface area contributed by atoms with Crippen molar-refractivity contribution in [2.45, 2.75) is 37.2 Å². The standard InChI is InChI=1S/C14H16BrFN2O/c1-9-10(2)18(8-17-9)14-4-3-11(6-13(14)16)5-12(15)7-19/h3-4,6-10,12H,5H2,1-2H3. The van der Waals surface area contributed by atoms with Crippen molar-refractivity contribution in [2.75, 3.05) is 4.90 Å². The van der Waals surface area contributed by atoms with Gasteiger partial charge in [-0.15, -0.1) is 0 Å². The highest BCUT2D eigenvalue weighted by molar-refractivity contribution is 9.09. The zero-order chi connectivity index (χ0) is 14.0. The highest BCUT2D eigenvalue weighted by Crippen LogP contribution is 2.26. The van der Waals surface area contributed by atoms with Gasteiger partial charge in [0.15, 0.2) is 0 Å². The Labute approximate surface area is 120 Å². The van der Waals surface area contributed by atoms with Gasteiger partial charge in [-0.25, -0.2) is 4.39 Å². The molecule has 3 atom stereocenters. The van der Waals surface area contributed by atoms with Gasteiger partial charge in [0.1, 0.15) is 12.1 Å². The van der Waals surface area contributed by atoms with Crippen LogP contribution in [0.25, 0.3) is 0 Å². The normalized spacial score (nSPS) is 23.7. The number of aldehydes is 1. The molecule has 1 aliphatic rings. The quantitative estimate of drug-likeness (QED) is 0.629. The van der Waals surface area contributed by atoms with Gasteiger partial charge in [-0.05, 0) is 38.0 Å². The first-order chi connectivity index (χ1) is 9.02. The number of halogens is 2. The fraction of sp³-hybridized carbons (Fsp3) is 0.429. The lowest BCUT2D eigenvalue weighted by Crippen LogP contribution is -2.32. The highest BCUT2D eigenvalue weighted by atomic mass is 79.9. The molecule has 0 saturated heterocycles. The summed E-state index contributed by atoms with van der Waals surface area (Å²) in [7, 11) is 0. The van der Waals surface area contributed by atoms with E-state index in [1.54, 1.807) is 12.4 Å². The summed E-state index contributed by atoms with van der Waals surface area (Å²) in [6.45, 7) is 4.03. The Morgan fingerprint density at radius 1 is 1.53 bits per heavy atom. The van der Waals surface area contributed by atoms with Crippen molar-refractivity contribution in [1.82, 2.24) is 0 Å². The molecule has 0 bridgehead atoms. The van der Waals surface area contributed by atoms with Gasteiger partial charge in [-0.3, -0.25) is 4.99 Å². The summed E-state index contributed by atoms with van der Waals surface area (Å²) in [4.78, 5) is 16.4. The molecular weight excluding hydrogens is 311 g/mol. The van der Waals surface area contributed by atoms with E-state index in [1.165, 1.54) is 6.07 Å². The van der Waals surface area contributed by atoms with Crippen LogP contribution in [-0.2, 0) is 11.2 Å². The number of alkyl halides is 1. The van der Waals surface area contributed by atoms with Gasteiger partial charge in [0, 0.05) is 0 Å². The smallest absolute Gasteiger partial charge is 0.147 e. The lowest BCUT2D eigenvalue weighted by atomic mass is 10.1. The number of aliphatic imine (C=N–C) groups is 1. The summed E-state index contributed by atoms with van der Waals surface area (Å²) in [6.07, 6.45) is 2.98. The maximum absolute atomic E-state index is 14.1. The Hall–Kier alpha value is -1.23. The molecule has 19 heavy (non-hydrogen) atoms. The number of rotatable bonds is 4. The third-order valence-electron chi connectivity index (χ3n) is 3.43. The third kappa shape index (κ3) is 3.03. The Kier molecular flexibility index (Phi) is 4.34. The van der Waals surface area contributed by atoms with Gasteiger partial charge >= 0.3 is 0 Å². The molecule has 5 heteroatoms. The minimum atomic E-state index is -0.282. The molecular formula is C14H16BrFN2O. The monoisotopic (exact) mass is 326 g/mol. The summed E-state index contributed by atoms with van der Waals surface area (Å²) in [6, 6.07) is 5.40. The summed E-state index contributed by atoms with van der Waals surface area (Å²) in [5, 5.41) is 0. The SMILES string of the molecule is CC1N=CN(c2ccc(CC(Br)C=O)cc2F)C1C. The van der Waals surface area contributed by atoms with Gasteiger partial charge in [-0.1, -0.05) is 22.0 Å². The predicted octanol–water partition coefficient (Wildman–Crippen LogP) is 2.96. The van der Waals surface area contributed by atoms with Crippen molar-refractivity contribution in [3.05, 3.63) is 29.6 Å². The van der Waals surface area contributed by atoms with Crippen LogP contribution in [-0.4, -0.2) is 29.5 Å². The summed E-state index contributed by atoms with van der Waals surface area (Å²) < 4.78 is 14.1. The minimum Gasteiger partial charge on any atom is -0.325 e. The Morgan fingerprint density at radius 3 is 2.79 bits per heavy atom. The van der Waals surface area contributed by atoms with Crippen LogP contribution >= 0.6 is 15.9 Å². The topological polar surface area (TPSA) is 32.7 Å². The van der Waals surface area contributed by atoms with E-state index >= 15 is 0 Å². The zero-order valence-electron chi connectivity index (χ0n) is 10.9. The number of hydrogen-bond acceptors (Lipinski definition) is 3. The average molecular weight is 327 g/mol. The van der Waals surface area contributed by atoms with Crippen molar-refractivity contribution in [3.8, 4) is 0 Å². The zero-order valence-corrected chi connectivity index (χ0v) is 12.5. The van der Waals surface area contributed by atoms with Crippen molar-refractivity contribution < 1.29 is 9.18 Å². The molecule has 1 heterocycles. The van der Waals surface area contributed by atoms with Crippen molar-refractivity contribution >= 4 is 34.2 Å². The van der Waals surface area contributed by atoms with Crippen LogP contribution in [0.15, 0.2) is 23.2 Å². The molecule has 0 saturated carbocycles. The molecule has 0 radical (unpaired) electrons. The van der Waals surface area contributed by atoms with E-state index < -0.39 is 0 Å². The first kappa shape index (κ1) is 14.2. The van der Waals surface area contributed by atoms with E-state index in [-0.39, 0.29) is 22.7 Å². The van der Waals surface area contributed by atoms with E-state index in [1.807, 2.05) is 24.8 Å². The number of hydrogen-bond donors (Lipinski definition) is 0. The Balaban J connectivity index is 2.20. The number of nitrogens with zero attached hydrogens (tertiary/aromatic N) is 2. The summed E-state index contributed by atoms with van der Waals surface area (Å²) >= 11 is 3.22. The van der Waals surface area contributed by atoms with Crippen LogP contribution in [0, 0.1) is 5.82 Å². The molecule has 0 N–H and O–H groups in total. The molecule has 3 unspecified atom stereocenters. The van der Waals surface area contributed by atoms with Crippen LogP contribution in [0.1, 0.15) is 19.4 Å². The number of anilines is 1. The maximum atomic E-state index is 14.1. The fourth-order valence-electron chi connectivity index (χ4n) is 2.08. The van der Waals surface area contributed by atoms with Crippen LogP contribution < -0.4 is 4.90 Å². The predicted molar refractivity (Wildman–Crippen MR) is 78.8 cm³/mol. The van der Waals surface area contributed by atoms with E-state index in [0.29, 0.717) is 12.1 Å². The first-order valence-electron chi connectivity index (χ1n) is 6.22. The second-order valence-electron chi connectivity index (χ2n) is 4.79. The van der Waals surface area contributed by atoms with Crippen LogP contribution in [0.4, 0.5) is 10.1 Å². The minimum absolute atomic E-state index is 0.152. The molecule has 102 valence electrons. The van der Waals surface area contributed by atoms with Gasteiger partial charge in [0.25, 0.3) is 0 Å². The molecule has 0 aliphatic carbocycles. The van der Waals surface area contributed by atoms with Gasteiger partial charge in [-0.2, -0.15) is 0 Å². The van der Waals surface area contributed by atoms with Crippen molar-refractivity contribution in [2.24, 2.45) is 4.99 Å². The molecule has 2 rings (SSSR count). The summed E-state index contributed by atoms with van der Waals surface area (Å²) in [5.41, 5.74) is 1.33. The van der Waals surface area contributed by atoms with Crippen LogP contribution in [0.3, 0.4) is 0 Å². The van der Waals surface area contributed by atoms with E-state index in [9.17, 15) is 9.18 Å². The number of carbonyl (C=O) groups is 1. The second-order valence-corrected chi connectivity index (χ2v) is 5.97. The molecule has 1 aromatic rings. The molecule has 0 spiro atoms. The second kappa shape index (κ2) is 5.82. The fourth-order valence-corrected chi connectivity index (χ4v) is 2.45. The van der Waals surface area contributed by atoms with Crippen LogP contribution in [0.5, 0.6) is 0 Å². The van der Waals surface area contributed by atoms with Gasteiger partial charge in [0.2, 0.25) is 0 Å². The first-order valence-corrected chi connectivity index (χ1v) is 7.14. The Morgan fingerprint density at radius 2 is 2.26 bits per heavy atom. The van der Waals surface area contributed by atoms with Crippen molar-refractivity contribution in [3.63, 3.8) is 0 Å². The van der Waals surface area contributed by atoms with E-state index in [4.69, 9.17) is 0 Å². The molecule has 0 fully saturated rings. The lowest BCUT2D eigenvalue weighted by molar-refractivity contribution is -0.107.